The summed E-state index contributed by atoms with van der Waals surface area (Å²) in [4.78, 5) is 5.11. The molecule has 0 radical (unpaired) electrons. The molecular weight excluding hydrogens is 907 g/mol. The first-order valence-corrected chi connectivity index (χ1v) is 25.8. The summed E-state index contributed by atoms with van der Waals surface area (Å²) < 4.78 is 5.90. The van der Waals surface area contributed by atoms with Gasteiger partial charge in [0.1, 0.15) is 0 Å². The van der Waals surface area contributed by atoms with Gasteiger partial charge in [0.15, 0.2) is 0 Å². The molecule has 4 heteroatoms. The van der Waals surface area contributed by atoms with E-state index in [1.165, 1.54) is 127 Å². The number of hydrogen-bond donors (Lipinski definition) is 0. The van der Waals surface area contributed by atoms with Crippen molar-refractivity contribution in [1.82, 2.24) is 0 Å². The zero-order valence-corrected chi connectivity index (χ0v) is 39.5. The molecule has 14 rings (SSSR count). The fraction of sp³-hybridized carbons (Fsp3) is 0.100. The van der Waals surface area contributed by atoms with Crippen molar-refractivity contribution in [2.75, 3.05) is 9.80 Å². The van der Waals surface area contributed by atoms with Gasteiger partial charge in [0.2, 0.25) is 0 Å². The molecule has 0 saturated heterocycles. The van der Waals surface area contributed by atoms with Gasteiger partial charge in [-0.3, -0.25) is 0 Å². The molecule has 304 valence electrons. The fourth-order valence-electron chi connectivity index (χ4n) is 11.6. The van der Waals surface area contributed by atoms with E-state index in [0.717, 1.165) is 0 Å². The molecule has 0 fully saturated rings. The van der Waals surface area contributed by atoms with Gasteiger partial charge in [0.25, 0.3) is 0 Å². The second-order valence-corrected chi connectivity index (χ2v) is 23.4. The topological polar surface area (TPSA) is 6.48 Å². The van der Waals surface area contributed by atoms with Crippen molar-refractivity contribution >= 4 is 134 Å². The number of fused-ring (bicyclic) bond motifs is 16. The van der Waals surface area contributed by atoms with E-state index >= 15 is 0 Å². The predicted octanol–water partition coefficient (Wildman–Crippen LogP) is 16.1. The molecule has 0 N–H and O–H groups in total. The molecule has 2 aliphatic heterocycles. The average molecular weight is 949 g/mol. The summed E-state index contributed by atoms with van der Waals surface area (Å²) in [6.45, 7) is 9.62. The molecule has 0 aliphatic carbocycles. The van der Waals surface area contributed by atoms with Crippen molar-refractivity contribution in [2.24, 2.45) is 0 Å². The van der Waals surface area contributed by atoms with Crippen molar-refractivity contribution in [1.29, 1.82) is 0 Å². The van der Waals surface area contributed by atoms with E-state index < -0.39 is 0 Å². The van der Waals surface area contributed by atoms with Crippen molar-refractivity contribution < 1.29 is 0 Å². The summed E-state index contributed by atoms with van der Waals surface area (Å²) in [5, 5.41) is 13.3. The third kappa shape index (κ3) is 4.98. The van der Waals surface area contributed by atoms with Crippen LogP contribution >= 0.6 is 0 Å². The Balaban J connectivity index is 0.982. The maximum atomic E-state index is 2.56. The van der Waals surface area contributed by atoms with Crippen LogP contribution in [0.5, 0.6) is 0 Å². The van der Waals surface area contributed by atoms with Crippen LogP contribution in [0.2, 0.25) is 0 Å². The number of para-hydroxylation sites is 2. The Morgan fingerprint density at radius 1 is 0.281 bits per heavy atom. The molecule has 0 saturated carbocycles. The minimum atomic E-state index is -0.156. The van der Waals surface area contributed by atoms with Crippen LogP contribution < -0.4 is 9.80 Å². The van der Waals surface area contributed by atoms with Crippen LogP contribution in [0.15, 0.2) is 182 Å². The molecule has 0 bridgehead atoms. The second-order valence-electron chi connectivity index (χ2n) is 18.9. The Labute approximate surface area is 384 Å². The summed E-state index contributed by atoms with van der Waals surface area (Å²) in [6, 6.07) is 69.8. The summed E-state index contributed by atoms with van der Waals surface area (Å²) in [5.74, 6) is 0. The van der Waals surface area contributed by atoms with Crippen LogP contribution in [0.4, 0.5) is 34.1 Å². The molecule has 10 aromatic carbocycles. The third-order valence-electron chi connectivity index (χ3n) is 14.8. The Hall–Kier alpha value is -6.38. The predicted molar refractivity (Wildman–Crippen MR) is 276 cm³/mol. The van der Waals surface area contributed by atoms with Gasteiger partial charge in [-0.1, -0.05) is 0 Å². The fourth-order valence-corrected chi connectivity index (χ4v) is 16.3. The Kier molecular flexibility index (Phi) is 7.58. The van der Waals surface area contributed by atoms with Gasteiger partial charge in [-0.25, -0.2) is 0 Å². The van der Waals surface area contributed by atoms with E-state index in [9.17, 15) is 0 Å². The molecule has 64 heavy (non-hydrogen) atoms. The molecule has 2 aliphatic rings. The Bertz CT molecular complexity index is 3720. The van der Waals surface area contributed by atoms with Gasteiger partial charge in [-0.15, -0.1) is 0 Å². The molecule has 2 nitrogen and oxygen atoms in total. The molecule has 4 heterocycles. The Morgan fingerprint density at radius 2 is 0.656 bits per heavy atom. The monoisotopic (exact) mass is 950 g/mol. The van der Waals surface area contributed by atoms with Crippen LogP contribution in [0.25, 0.3) is 70.9 Å². The van der Waals surface area contributed by atoms with E-state index in [1.807, 2.05) is 0 Å². The van der Waals surface area contributed by atoms with E-state index in [4.69, 9.17) is 0 Å². The molecule has 12 aromatic rings. The van der Waals surface area contributed by atoms with Crippen molar-refractivity contribution in [3.05, 3.63) is 204 Å². The summed E-state index contributed by atoms with van der Waals surface area (Å²) in [7, 11) is 0. The summed E-state index contributed by atoms with van der Waals surface area (Å²) in [5.41, 5.74) is 12.7. The zero-order valence-electron chi connectivity index (χ0n) is 36.0. The summed E-state index contributed by atoms with van der Waals surface area (Å²) in [6.07, 6.45) is 0. The number of hydrogen-bond acceptors (Lipinski definition) is 2. The minimum absolute atomic E-state index is 0.156. The normalized spacial score (nSPS) is 15.1. The van der Waals surface area contributed by atoms with E-state index in [1.54, 1.807) is 0 Å². The number of rotatable bonds is 2. The zero-order chi connectivity index (χ0) is 42.6. The molecule has 0 unspecified atom stereocenters. The summed E-state index contributed by atoms with van der Waals surface area (Å²) >= 11 is 0.540. The number of benzene rings is 10. The van der Waals surface area contributed by atoms with Gasteiger partial charge < -0.3 is 0 Å². The molecular formula is C60H42N2Se2. The first-order valence-electron chi connectivity index (χ1n) is 22.3. The van der Waals surface area contributed by atoms with Crippen LogP contribution in [0.3, 0.4) is 0 Å². The quantitative estimate of drug-likeness (QED) is 0.126. The standard InChI is InChI=1S/C60H42N2Se2/c1-59(2)47-19-9-11-21-51(47)61(53-33-57-45(31-49(53)59)41-17-7-13-23-55(41)63-57)35-25-27-39-40-28-26-36(30-44(40)38-16-6-5-15-37(38)43(39)29-35)62-52-22-12-10-20-48(52)60(3,4)50-32-46-42-18-8-14-24-56(42)64-58(46)34-54(50)62/h5-34H,1-4H3. The van der Waals surface area contributed by atoms with Crippen LogP contribution in [-0.4, -0.2) is 29.0 Å². The van der Waals surface area contributed by atoms with E-state index in [2.05, 4.69) is 219 Å². The van der Waals surface area contributed by atoms with Crippen molar-refractivity contribution in [3.8, 4) is 0 Å². The van der Waals surface area contributed by atoms with Crippen molar-refractivity contribution in [2.45, 2.75) is 38.5 Å². The van der Waals surface area contributed by atoms with Gasteiger partial charge in [-0.05, 0) is 0 Å². The molecule has 0 amide bonds. The first kappa shape index (κ1) is 37.0. The van der Waals surface area contributed by atoms with Gasteiger partial charge in [-0.2, -0.15) is 0 Å². The third-order valence-corrected chi connectivity index (χ3v) is 19.5. The molecule has 2 aromatic heterocycles. The molecule has 0 spiro atoms. The maximum absolute atomic E-state index is 2.56. The molecule has 0 atom stereocenters. The van der Waals surface area contributed by atoms with Gasteiger partial charge >= 0.3 is 387 Å². The van der Waals surface area contributed by atoms with Crippen LogP contribution in [-0.2, 0) is 10.8 Å². The second kappa shape index (κ2) is 13.1. The average Bonchev–Trinajstić information content (AvgIpc) is 3.88. The number of nitrogens with zero attached hydrogens (tertiary/aromatic N) is 2. The van der Waals surface area contributed by atoms with Crippen molar-refractivity contribution in [3.63, 3.8) is 0 Å². The van der Waals surface area contributed by atoms with E-state index in [0.29, 0.717) is 0 Å². The SMILES string of the molecule is CC1(C)c2ccccc2N(c2ccc3c4ccc(N5c6ccccc6C(C)(C)c6cc7c(cc65)[se]c5ccccc57)cc4c4ccccc4c3c2)c2cc3[se]c4ccccc4c3cc21. The van der Waals surface area contributed by atoms with Crippen LogP contribution in [0.1, 0.15) is 49.9 Å². The Morgan fingerprint density at radius 3 is 1.11 bits per heavy atom. The van der Waals surface area contributed by atoms with Gasteiger partial charge in [0, 0.05) is 0 Å². The van der Waals surface area contributed by atoms with E-state index in [-0.39, 0.29) is 39.8 Å². The first-order chi connectivity index (χ1) is 31.2. The number of anilines is 6. The van der Waals surface area contributed by atoms with Gasteiger partial charge in [0.05, 0.1) is 0 Å². The van der Waals surface area contributed by atoms with Crippen LogP contribution in [0, 0.1) is 0 Å².